The Morgan fingerprint density at radius 3 is 2.94 bits per heavy atom. The lowest BCUT2D eigenvalue weighted by Crippen LogP contribution is -2.36. The minimum Gasteiger partial charge on any atom is -0.436 e. The summed E-state index contributed by atoms with van der Waals surface area (Å²) in [7, 11) is 0. The summed E-state index contributed by atoms with van der Waals surface area (Å²) in [6.45, 7) is -0.419. The molecule has 12 heteroatoms. The topological polar surface area (TPSA) is 131 Å². The molecular weight excluding hydrogens is 455 g/mol. The van der Waals surface area contributed by atoms with Crippen LogP contribution in [0, 0.1) is 11.8 Å². The molecule has 2 aliphatic rings. The highest BCUT2D eigenvalue weighted by Crippen LogP contribution is 2.40. The minimum atomic E-state index is -2.53. The molecule has 0 aromatic carbocycles. The lowest BCUT2D eigenvalue weighted by Gasteiger charge is -2.27. The maximum Gasteiger partial charge on any atom is 0.229 e. The van der Waals surface area contributed by atoms with Gasteiger partial charge in [-0.2, -0.15) is 0 Å². The van der Waals surface area contributed by atoms with Crippen LogP contribution in [0.25, 0.3) is 33.5 Å². The number of aromatic nitrogens is 5. The van der Waals surface area contributed by atoms with Gasteiger partial charge in [0.05, 0.1) is 31.6 Å². The van der Waals surface area contributed by atoms with Gasteiger partial charge in [-0.3, -0.25) is 9.18 Å². The Kier molecular flexibility index (Phi) is 4.57. The second kappa shape index (κ2) is 8.69. The zero-order valence-corrected chi connectivity index (χ0v) is 18.5. The van der Waals surface area contributed by atoms with E-state index in [9.17, 15) is 9.18 Å². The number of amides is 1. The van der Waals surface area contributed by atoms with E-state index in [1.54, 1.807) is 18.3 Å². The number of alkyl halides is 1. The third-order valence-electron chi connectivity index (χ3n) is 6.28. The van der Waals surface area contributed by atoms with Gasteiger partial charge in [0.2, 0.25) is 11.8 Å². The monoisotopic (exact) mass is 481 g/mol. The Morgan fingerprint density at radius 1 is 1.26 bits per heavy atom. The summed E-state index contributed by atoms with van der Waals surface area (Å²) >= 11 is 0. The number of anilines is 3. The number of halogens is 1. The SMILES string of the molecule is [2H]C([2H])([2H])Nc1ncc(-c2nc3cnc(N4CCOCC4)cc3o2)c2cc(NC(=O)[C@H]3C[C@H]3CF)nnc12. The first-order valence-electron chi connectivity index (χ1n) is 12.7. The third-order valence-corrected chi connectivity index (χ3v) is 6.28. The number of rotatable bonds is 6. The Bertz CT molecular complexity index is 1530. The second-order valence-corrected chi connectivity index (χ2v) is 8.51. The van der Waals surface area contributed by atoms with Crippen molar-refractivity contribution in [2.24, 2.45) is 11.8 Å². The van der Waals surface area contributed by atoms with E-state index in [2.05, 4.69) is 40.7 Å². The van der Waals surface area contributed by atoms with Gasteiger partial charge in [-0.25, -0.2) is 15.0 Å². The molecule has 0 radical (unpaired) electrons. The predicted molar refractivity (Wildman–Crippen MR) is 127 cm³/mol. The van der Waals surface area contributed by atoms with Gasteiger partial charge in [0, 0.05) is 47.7 Å². The van der Waals surface area contributed by atoms with Crippen molar-refractivity contribution < 1.29 is 22.5 Å². The highest BCUT2D eigenvalue weighted by atomic mass is 19.1. The van der Waals surface area contributed by atoms with Crippen LogP contribution in [0.2, 0.25) is 0 Å². The van der Waals surface area contributed by atoms with Gasteiger partial charge in [-0.15, -0.1) is 10.2 Å². The molecule has 2 N–H and O–H groups in total. The van der Waals surface area contributed by atoms with Gasteiger partial charge in [-0.1, -0.05) is 0 Å². The Hall–Kier alpha value is -3.93. The van der Waals surface area contributed by atoms with Crippen LogP contribution in [0.4, 0.5) is 21.8 Å². The largest absolute Gasteiger partial charge is 0.436 e. The van der Waals surface area contributed by atoms with Crippen LogP contribution in [0.1, 0.15) is 10.5 Å². The Balaban J connectivity index is 1.40. The summed E-state index contributed by atoms with van der Waals surface area (Å²) in [5.41, 5.74) is 1.60. The molecule has 1 aliphatic carbocycles. The van der Waals surface area contributed by atoms with Crippen molar-refractivity contribution in [3.05, 3.63) is 24.5 Å². The van der Waals surface area contributed by atoms with Crippen molar-refractivity contribution in [2.45, 2.75) is 6.42 Å². The number of oxazole rings is 1. The van der Waals surface area contributed by atoms with E-state index in [0.717, 1.165) is 5.82 Å². The van der Waals surface area contributed by atoms with Crippen molar-refractivity contribution in [2.75, 3.05) is 55.5 Å². The van der Waals surface area contributed by atoms with Crippen LogP contribution in [-0.4, -0.2) is 71.0 Å². The number of pyridine rings is 2. The molecular formula is C23H23FN8O3. The van der Waals surface area contributed by atoms with Crippen LogP contribution in [0.3, 0.4) is 0 Å². The Labute approximate surface area is 203 Å². The molecule has 0 spiro atoms. The molecule has 180 valence electrons. The van der Waals surface area contributed by atoms with E-state index >= 15 is 0 Å². The maximum absolute atomic E-state index is 12.9. The second-order valence-electron chi connectivity index (χ2n) is 8.51. The summed E-state index contributed by atoms with van der Waals surface area (Å²) in [6, 6.07) is 3.35. The first kappa shape index (κ1) is 18.4. The molecule has 0 bridgehead atoms. The average Bonchev–Trinajstić information content (AvgIpc) is 3.58. The van der Waals surface area contributed by atoms with Crippen molar-refractivity contribution in [1.82, 2.24) is 25.1 Å². The highest BCUT2D eigenvalue weighted by Gasteiger charge is 2.43. The molecule has 1 saturated heterocycles. The number of hydrogen-bond donors (Lipinski definition) is 2. The van der Waals surface area contributed by atoms with Crippen LogP contribution in [-0.2, 0) is 9.53 Å². The highest BCUT2D eigenvalue weighted by molar-refractivity contribution is 6.01. The molecule has 4 aromatic rings. The smallest absolute Gasteiger partial charge is 0.229 e. The molecule has 5 heterocycles. The van der Waals surface area contributed by atoms with Crippen molar-refractivity contribution in [3.8, 4) is 11.5 Å². The minimum absolute atomic E-state index is 0.0128. The number of ether oxygens (including phenoxy) is 1. The number of carbonyl (C=O) groups excluding carboxylic acids is 1. The molecule has 35 heavy (non-hydrogen) atoms. The number of nitrogens with zero attached hydrogens (tertiary/aromatic N) is 6. The zero-order chi connectivity index (χ0) is 26.4. The number of fused-ring (bicyclic) bond motifs is 2. The van der Waals surface area contributed by atoms with Gasteiger partial charge in [0.25, 0.3) is 0 Å². The predicted octanol–water partition coefficient (Wildman–Crippen LogP) is 2.65. The summed E-state index contributed by atoms with van der Waals surface area (Å²) < 4.78 is 47.0. The molecule has 1 saturated carbocycles. The summed E-state index contributed by atoms with van der Waals surface area (Å²) in [4.78, 5) is 27.9. The average molecular weight is 482 g/mol. The molecule has 2 atom stereocenters. The molecule has 0 unspecified atom stereocenters. The lowest BCUT2D eigenvalue weighted by molar-refractivity contribution is -0.117. The van der Waals surface area contributed by atoms with Gasteiger partial charge in [0.1, 0.15) is 16.9 Å². The van der Waals surface area contributed by atoms with Gasteiger partial charge >= 0.3 is 0 Å². The molecule has 1 aliphatic heterocycles. The normalized spacial score (nSPS) is 21.4. The molecule has 2 fully saturated rings. The van der Waals surface area contributed by atoms with Crippen molar-refractivity contribution >= 4 is 45.4 Å². The number of hydrogen-bond acceptors (Lipinski definition) is 10. The summed E-state index contributed by atoms with van der Waals surface area (Å²) in [5.74, 6) is 0.0330. The molecule has 11 nitrogen and oxygen atoms in total. The summed E-state index contributed by atoms with van der Waals surface area (Å²) in [5, 5.41) is 13.6. The molecule has 4 aromatic heterocycles. The van der Waals surface area contributed by atoms with Gasteiger partial charge < -0.3 is 24.7 Å². The summed E-state index contributed by atoms with van der Waals surface area (Å²) in [6.07, 6.45) is 3.52. The third kappa shape index (κ3) is 3.99. The van der Waals surface area contributed by atoms with E-state index in [0.29, 0.717) is 54.8 Å². The van der Waals surface area contributed by atoms with E-state index in [-0.39, 0.29) is 34.9 Å². The Morgan fingerprint density at radius 2 is 2.14 bits per heavy atom. The van der Waals surface area contributed by atoms with E-state index in [1.165, 1.54) is 6.20 Å². The van der Waals surface area contributed by atoms with E-state index in [1.807, 2.05) is 0 Å². The quantitative estimate of drug-likeness (QED) is 0.424. The van der Waals surface area contributed by atoms with Crippen molar-refractivity contribution in [3.63, 3.8) is 0 Å². The maximum atomic E-state index is 12.9. The van der Waals surface area contributed by atoms with Crippen molar-refractivity contribution in [1.29, 1.82) is 0 Å². The van der Waals surface area contributed by atoms with Crippen LogP contribution >= 0.6 is 0 Å². The van der Waals surface area contributed by atoms with Crippen LogP contribution in [0.15, 0.2) is 28.9 Å². The van der Waals surface area contributed by atoms with Crippen LogP contribution in [0.5, 0.6) is 0 Å². The fourth-order valence-electron chi connectivity index (χ4n) is 4.21. The first-order valence-corrected chi connectivity index (χ1v) is 11.2. The first-order chi connectivity index (χ1) is 18.3. The fraction of sp³-hybridized carbons (Fsp3) is 0.391. The standard InChI is InChI=1S/C23H23FN8O3/c1-25-21-20-14(7-18(30-31-20)29-22(33)13-6-12(13)9-24)15(10-27-21)23-28-16-11-26-19(8-17(16)35-23)32-2-4-34-5-3-32/h7-8,10-13H,2-6,9H2,1H3,(H,25,27)(H,29,30,33)/t12-,13-/m0/s1/i1D3. The molecule has 6 rings (SSSR count). The lowest BCUT2D eigenvalue weighted by atomic mass is 10.1. The van der Waals surface area contributed by atoms with Gasteiger partial charge in [0.15, 0.2) is 17.2 Å². The molecule has 1 amide bonds. The number of morpholine rings is 1. The van der Waals surface area contributed by atoms with Gasteiger partial charge in [-0.05, 0) is 18.4 Å². The zero-order valence-electron chi connectivity index (χ0n) is 21.5. The number of nitrogens with one attached hydrogen (secondary N) is 2. The van der Waals surface area contributed by atoms with Crippen LogP contribution < -0.4 is 15.5 Å². The van der Waals surface area contributed by atoms with E-state index < -0.39 is 19.6 Å². The number of carbonyl (C=O) groups is 1. The van der Waals surface area contributed by atoms with E-state index in [4.69, 9.17) is 13.3 Å². The fourth-order valence-corrected chi connectivity index (χ4v) is 4.21.